The number of rotatable bonds is 4. The van der Waals surface area contributed by atoms with Crippen LogP contribution in [0.1, 0.15) is 12.8 Å². The second-order valence-electron chi connectivity index (χ2n) is 4.21. The van der Waals surface area contributed by atoms with Gasteiger partial charge >= 0.3 is 5.51 Å². The van der Waals surface area contributed by atoms with Crippen molar-refractivity contribution >= 4 is 17.4 Å². The third-order valence-electron chi connectivity index (χ3n) is 2.90. The molecule has 0 atom stereocenters. The molecule has 0 aliphatic heterocycles. The molecule has 6 heteroatoms. The number of thioether (sulfide) groups is 1. The van der Waals surface area contributed by atoms with E-state index in [2.05, 4.69) is 5.32 Å². The lowest BCUT2D eigenvalue weighted by molar-refractivity contribution is -0.0328. The lowest BCUT2D eigenvalue weighted by Crippen LogP contribution is -2.40. The Morgan fingerprint density at radius 1 is 1.28 bits per heavy atom. The third kappa shape index (κ3) is 3.55. The molecule has 1 aliphatic rings. The molecule has 18 heavy (non-hydrogen) atoms. The Morgan fingerprint density at radius 2 is 1.94 bits per heavy atom. The maximum Gasteiger partial charge on any atom is 0.446 e. The van der Waals surface area contributed by atoms with Crippen molar-refractivity contribution in [1.29, 1.82) is 0 Å². The fourth-order valence-electron chi connectivity index (χ4n) is 1.90. The maximum absolute atomic E-state index is 12.4. The predicted molar refractivity (Wildman–Crippen MR) is 65.8 cm³/mol. The van der Waals surface area contributed by atoms with E-state index < -0.39 is 5.51 Å². The van der Waals surface area contributed by atoms with E-state index in [0.29, 0.717) is 5.69 Å². The Hall–Kier alpha value is -0.880. The van der Waals surface area contributed by atoms with Gasteiger partial charge in [-0.25, -0.2) is 0 Å². The van der Waals surface area contributed by atoms with Gasteiger partial charge in [0.1, 0.15) is 0 Å². The minimum absolute atomic E-state index is 0.0833. The monoisotopic (exact) mass is 277 g/mol. The molecular weight excluding hydrogens is 263 g/mol. The third-order valence-corrected chi connectivity index (χ3v) is 3.71. The molecule has 1 aromatic carbocycles. The number of alkyl halides is 3. The van der Waals surface area contributed by atoms with Gasteiger partial charge in [0, 0.05) is 23.7 Å². The Balaban J connectivity index is 2.00. The maximum atomic E-state index is 12.4. The highest BCUT2D eigenvalue weighted by atomic mass is 32.2. The molecule has 0 bridgehead atoms. The fourth-order valence-corrected chi connectivity index (χ4v) is 2.53. The zero-order chi connectivity index (χ0) is 13.2. The van der Waals surface area contributed by atoms with E-state index >= 15 is 0 Å². The van der Waals surface area contributed by atoms with Crippen LogP contribution in [0.2, 0.25) is 0 Å². The molecule has 0 amide bonds. The standard InChI is InChI=1S/C12H14F3NOS/c1-17-9-6-8(7-9)16-10-4-2-3-5-11(10)18-12(13,14)15/h2-5,8-9,16H,6-7H2,1H3. The number of hydrogen-bond donors (Lipinski definition) is 1. The average molecular weight is 277 g/mol. The lowest BCUT2D eigenvalue weighted by Gasteiger charge is -2.35. The summed E-state index contributed by atoms with van der Waals surface area (Å²) in [5.41, 5.74) is -3.72. The van der Waals surface area contributed by atoms with Crippen LogP contribution in [-0.2, 0) is 4.74 Å². The molecule has 1 aromatic rings. The van der Waals surface area contributed by atoms with E-state index in [1.54, 1.807) is 25.3 Å². The van der Waals surface area contributed by atoms with Crippen LogP contribution >= 0.6 is 11.8 Å². The van der Waals surface area contributed by atoms with Crippen molar-refractivity contribution in [2.45, 2.75) is 35.4 Å². The summed E-state index contributed by atoms with van der Waals surface area (Å²) in [7, 11) is 1.65. The highest BCUT2D eigenvalue weighted by molar-refractivity contribution is 8.00. The van der Waals surface area contributed by atoms with Crippen molar-refractivity contribution in [2.75, 3.05) is 12.4 Å². The molecule has 2 nitrogen and oxygen atoms in total. The molecule has 0 heterocycles. The molecule has 1 N–H and O–H groups in total. The topological polar surface area (TPSA) is 21.3 Å². The number of benzene rings is 1. The van der Waals surface area contributed by atoms with Gasteiger partial charge in [-0.2, -0.15) is 13.2 Å². The first kappa shape index (κ1) is 13.5. The molecule has 0 radical (unpaired) electrons. The van der Waals surface area contributed by atoms with E-state index in [0.717, 1.165) is 12.8 Å². The first-order chi connectivity index (χ1) is 8.48. The second kappa shape index (κ2) is 5.40. The lowest BCUT2D eigenvalue weighted by atomic mass is 9.89. The van der Waals surface area contributed by atoms with Crippen molar-refractivity contribution in [1.82, 2.24) is 0 Å². The molecule has 0 spiro atoms. The van der Waals surface area contributed by atoms with Gasteiger partial charge in [-0.3, -0.25) is 0 Å². The van der Waals surface area contributed by atoms with Gasteiger partial charge in [0.25, 0.3) is 0 Å². The van der Waals surface area contributed by atoms with Crippen LogP contribution in [0, 0.1) is 0 Å². The van der Waals surface area contributed by atoms with Crippen LogP contribution < -0.4 is 5.32 Å². The summed E-state index contributed by atoms with van der Waals surface area (Å²) in [5, 5.41) is 3.13. The Bertz CT molecular complexity index is 405. The largest absolute Gasteiger partial charge is 0.446 e. The molecule has 100 valence electrons. The van der Waals surface area contributed by atoms with Crippen molar-refractivity contribution in [2.24, 2.45) is 0 Å². The molecule has 0 unspecified atom stereocenters. The van der Waals surface area contributed by atoms with Gasteiger partial charge in [0.05, 0.1) is 6.10 Å². The van der Waals surface area contributed by atoms with Gasteiger partial charge in [-0.1, -0.05) is 12.1 Å². The van der Waals surface area contributed by atoms with Gasteiger partial charge in [0.2, 0.25) is 0 Å². The summed E-state index contributed by atoms with van der Waals surface area (Å²) in [6.07, 6.45) is 1.90. The Labute approximate surface area is 108 Å². The molecule has 2 rings (SSSR count). The van der Waals surface area contributed by atoms with Gasteiger partial charge in [0.15, 0.2) is 0 Å². The number of methoxy groups -OCH3 is 1. The number of anilines is 1. The van der Waals surface area contributed by atoms with Crippen LogP contribution in [0.15, 0.2) is 29.2 Å². The Morgan fingerprint density at radius 3 is 2.56 bits per heavy atom. The first-order valence-electron chi connectivity index (χ1n) is 5.62. The smallest absolute Gasteiger partial charge is 0.381 e. The van der Waals surface area contributed by atoms with Crippen LogP contribution in [0.5, 0.6) is 0 Å². The van der Waals surface area contributed by atoms with Crippen molar-refractivity contribution < 1.29 is 17.9 Å². The van der Waals surface area contributed by atoms with Crippen molar-refractivity contribution in [3.63, 3.8) is 0 Å². The summed E-state index contributed by atoms with van der Waals surface area (Å²) in [5.74, 6) is 0. The highest BCUT2D eigenvalue weighted by Crippen LogP contribution is 2.41. The van der Waals surface area contributed by atoms with E-state index in [4.69, 9.17) is 4.74 Å². The van der Waals surface area contributed by atoms with Crippen molar-refractivity contribution in [3.05, 3.63) is 24.3 Å². The van der Waals surface area contributed by atoms with Crippen LogP contribution in [0.3, 0.4) is 0 Å². The number of halogens is 3. The van der Waals surface area contributed by atoms with Crippen LogP contribution in [0.4, 0.5) is 18.9 Å². The summed E-state index contributed by atoms with van der Waals surface area (Å²) >= 11 is -0.0833. The van der Waals surface area contributed by atoms with Gasteiger partial charge in [-0.15, -0.1) is 0 Å². The predicted octanol–water partition coefficient (Wildman–Crippen LogP) is 3.89. The minimum Gasteiger partial charge on any atom is -0.381 e. The number of ether oxygens (including phenoxy) is 1. The summed E-state index contributed by atoms with van der Waals surface area (Å²) < 4.78 is 42.3. The van der Waals surface area contributed by atoms with E-state index in [1.807, 2.05) is 0 Å². The molecule has 0 aromatic heterocycles. The van der Waals surface area contributed by atoms with Crippen molar-refractivity contribution in [3.8, 4) is 0 Å². The molecule has 1 saturated carbocycles. The quantitative estimate of drug-likeness (QED) is 0.844. The fraction of sp³-hybridized carbons (Fsp3) is 0.500. The van der Waals surface area contributed by atoms with Crippen LogP contribution in [0.25, 0.3) is 0 Å². The number of hydrogen-bond acceptors (Lipinski definition) is 3. The van der Waals surface area contributed by atoms with E-state index in [9.17, 15) is 13.2 Å². The summed E-state index contributed by atoms with van der Waals surface area (Å²) in [4.78, 5) is 0.214. The second-order valence-corrected chi connectivity index (χ2v) is 5.32. The van der Waals surface area contributed by atoms with E-state index in [1.165, 1.54) is 6.07 Å². The van der Waals surface area contributed by atoms with E-state index in [-0.39, 0.29) is 28.8 Å². The normalized spacial score (nSPS) is 23.6. The molecule has 1 fully saturated rings. The average Bonchev–Trinajstić information content (AvgIpc) is 2.22. The van der Waals surface area contributed by atoms with Gasteiger partial charge in [-0.05, 0) is 36.7 Å². The number of nitrogens with one attached hydrogen (secondary N) is 1. The van der Waals surface area contributed by atoms with Gasteiger partial charge < -0.3 is 10.1 Å². The zero-order valence-corrected chi connectivity index (χ0v) is 10.6. The highest BCUT2D eigenvalue weighted by Gasteiger charge is 2.32. The molecular formula is C12H14F3NOS. The van der Waals surface area contributed by atoms with Crippen LogP contribution in [-0.4, -0.2) is 24.8 Å². The summed E-state index contributed by atoms with van der Waals surface area (Å²) in [6, 6.07) is 6.69. The molecule has 0 saturated heterocycles. The Kier molecular flexibility index (Phi) is 4.07. The minimum atomic E-state index is -4.26. The first-order valence-corrected chi connectivity index (χ1v) is 6.43. The summed E-state index contributed by atoms with van der Waals surface area (Å²) in [6.45, 7) is 0. The number of para-hydroxylation sites is 1. The SMILES string of the molecule is COC1CC(Nc2ccccc2SC(F)(F)F)C1. The zero-order valence-electron chi connectivity index (χ0n) is 9.83. The molecule has 1 aliphatic carbocycles.